The number of nitrogens with one attached hydrogen (secondary N) is 1. The monoisotopic (exact) mass is 483 g/mol. The first-order valence-corrected chi connectivity index (χ1v) is 13.9. The minimum Gasteiger partial charge on any atom is -0.550 e. The summed E-state index contributed by atoms with van der Waals surface area (Å²) in [7, 11) is -3.52. The maximum absolute atomic E-state index is 11.6. The van der Waals surface area contributed by atoms with E-state index in [9.17, 15) is 18.3 Å². The number of carbonyl (C=O) groups is 1. The van der Waals surface area contributed by atoms with Gasteiger partial charge in [0.05, 0.1) is 0 Å². The van der Waals surface area contributed by atoms with Crippen LogP contribution in [0, 0.1) is 0 Å². The summed E-state index contributed by atoms with van der Waals surface area (Å²) in [5.74, 6) is -1.26. The molecule has 0 rings (SSSR count). The third kappa shape index (κ3) is 28.7. The SMILES string of the molecule is CCCCCCCCCCCCCCCCCCC/C=C/S(=O)(=O)NCCC(=O)[O-].[K+]. The van der Waals surface area contributed by atoms with Crippen LogP contribution < -0.4 is 61.2 Å². The zero-order valence-electron chi connectivity index (χ0n) is 20.3. The summed E-state index contributed by atoms with van der Waals surface area (Å²) < 4.78 is 25.4. The quantitative estimate of drug-likeness (QED) is 0.179. The number of unbranched alkanes of at least 4 members (excludes halogenated alkanes) is 17. The predicted molar refractivity (Wildman–Crippen MR) is 124 cm³/mol. The second kappa shape index (κ2) is 25.4. The van der Waals surface area contributed by atoms with E-state index >= 15 is 0 Å². The number of carboxylic acid groups (broad SMARTS) is 1. The first kappa shape index (κ1) is 33.9. The van der Waals surface area contributed by atoms with Gasteiger partial charge in [-0.2, -0.15) is 0 Å². The summed E-state index contributed by atoms with van der Waals surface area (Å²) in [4.78, 5) is 10.3. The molecule has 0 saturated heterocycles. The van der Waals surface area contributed by atoms with Gasteiger partial charge in [-0.3, -0.25) is 0 Å². The van der Waals surface area contributed by atoms with Gasteiger partial charge >= 0.3 is 51.4 Å². The van der Waals surface area contributed by atoms with Gasteiger partial charge in [0, 0.05) is 24.3 Å². The molecule has 5 nitrogen and oxygen atoms in total. The van der Waals surface area contributed by atoms with Crippen molar-refractivity contribution in [3.63, 3.8) is 0 Å². The largest absolute Gasteiger partial charge is 1.00 e. The van der Waals surface area contributed by atoms with Crippen molar-refractivity contribution in [2.45, 2.75) is 129 Å². The Kier molecular flexibility index (Phi) is 27.8. The van der Waals surface area contributed by atoms with Gasteiger partial charge in [-0.25, -0.2) is 13.1 Å². The molecule has 7 heteroatoms. The molecule has 0 aromatic rings. The number of hydrogen-bond donors (Lipinski definition) is 1. The van der Waals surface area contributed by atoms with E-state index in [0.29, 0.717) is 0 Å². The average molecular weight is 484 g/mol. The summed E-state index contributed by atoms with van der Waals surface area (Å²) in [5, 5.41) is 11.4. The first-order chi connectivity index (χ1) is 14.5. The van der Waals surface area contributed by atoms with E-state index in [-0.39, 0.29) is 64.4 Å². The van der Waals surface area contributed by atoms with E-state index in [1.54, 1.807) is 6.08 Å². The molecule has 0 bridgehead atoms. The molecule has 0 aliphatic rings. The minimum absolute atomic E-state index is 0. The Labute approximate surface area is 235 Å². The number of carboxylic acids is 1. The molecule has 0 aromatic carbocycles. The molecular formula is C24H46KNO4S. The van der Waals surface area contributed by atoms with Crippen LogP contribution in [-0.2, 0) is 14.8 Å². The van der Waals surface area contributed by atoms with Crippen molar-refractivity contribution in [1.29, 1.82) is 0 Å². The fourth-order valence-electron chi connectivity index (χ4n) is 3.53. The number of allylic oxidation sites excluding steroid dienone is 1. The van der Waals surface area contributed by atoms with Crippen molar-refractivity contribution in [3.8, 4) is 0 Å². The van der Waals surface area contributed by atoms with Crippen molar-refractivity contribution in [3.05, 3.63) is 11.5 Å². The van der Waals surface area contributed by atoms with Crippen molar-refractivity contribution in [2.75, 3.05) is 6.54 Å². The number of sulfonamides is 1. The molecule has 0 aliphatic heterocycles. The fourth-order valence-corrected chi connectivity index (χ4v) is 4.40. The smallest absolute Gasteiger partial charge is 0.550 e. The van der Waals surface area contributed by atoms with Crippen LogP contribution in [0.3, 0.4) is 0 Å². The Hall–Kier alpha value is 0.756. The van der Waals surface area contributed by atoms with Gasteiger partial charge in [-0.1, -0.05) is 116 Å². The second-order valence-corrected chi connectivity index (χ2v) is 10.0. The molecular weight excluding hydrogens is 437 g/mol. The topological polar surface area (TPSA) is 86.3 Å². The van der Waals surface area contributed by atoms with Crippen molar-refractivity contribution < 1.29 is 69.7 Å². The normalized spacial score (nSPS) is 11.6. The van der Waals surface area contributed by atoms with E-state index in [0.717, 1.165) is 24.7 Å². The summed E-state index contributed by atoms with van der Waals surface area (Å²) in [5.41, 5.74) is 0. The molecule has 0 spiro atoms. The maximum atomic E-state index is 11.6. The molecule has 0 unspecified atom stereocenters. The van der Waals surface area contributed by atoms with E-state index < -0.39 is 16.0 Å². The molecule has 0 atom stereocenters. The average Bonchev–Trinajstić information content (AvgIpc) is 2.69. The standard InChI is InChI=1S/C24H47NO4S.K/c1-2-3-4-5-6-7-8-9-10-11-12-13-14-15-16-17-18-19-20-23-30(28,29)25-22-21-24(26)27;/h20,23,25H,2-19,21-22H2,1H3,(H,26,27);/q;+1/p-1/b23-20+;. The molecule has 0 aromatic heterocycles. The van der Waals surface area contributed by atoms with Crippen LogP contribution in [0.25, 0.3) is 0 Å². The van der Waals surface area contributed by atoms with E-state index in [2.05, 4.69) is 11.6 Å². The Morgan fingerprint density at radius 3 is 1.52 bits per heavy atom. The van der Waals surface area contributed by atoms with Gasteiger partial charge < -0.3 is 9.90 Å². The van der Waals surface area contributed by atoms with Crippen LogP contribution in [-0.4, -0.2) is 20.9 Å². The maximum Gasteiger partial charge on any atom is 1.00 e. The van der Waals surface area contributed by atoms with Gasteiger partial charge in [0.1, 0.15) is 0 Å². The predicted octanol–water partition coefficient (Wildman–Crippen LogP) is 2.61. The van der Waals surface area contributed by atoms with E-state index in [4.69, 9.17) is 0 Å². The Morgan fingerprint density at radius 1 is 0.742 bits per heavy atom. The van der Waals surface area contributed by atoms with Gasteiger partial charge in [0.15, 0.2) is 0 Å². The Balaban J connectivity index is 0. The van der Waals surface area contributed by atoms with E-state index in [1.165, 1.54) is 96.3 Å². The van der Waals surface area contributed by atoms with Gasteiger partial charge in [0.25, 0.3) is 0 Å². The van der Waals surface area contributed by atoms with Gasteiger partial charge in [-0.15, -0.1) is 0 Å². The van der Waals surface area contributed by atoms with Gasteiger partial charge in [0.2, 0.25) is 10.0 Å². The summed E-state index contributed by atoms with van der Waals surface area (Å²) >= 11 is 0. The Bertz CT molecular complexity index is 524. The van der Waals surface area contributed by atoms with Crippen molar-refractivity contribution >= 4 is 16.0 Å². The Morgan fingerprint density at radius 2 is 1.13 bits per heavy atom. The van der Waals surface area contributed by atoms with Crippen LogP contribution in [0.4, 0.5) is 0 Å². The van der Waals surface area contributed by atoms with Crippen LogP contribution in [0.15, 0.2) is 11.5 Å². The zero-order chi connectivity index (χ0) is 22.3. The number of hydrogen-bond acceptors (Lipinski definition) is 4. The van der Waals surface area contributed by atoms with Crippen LogP contribution >= 0.6 is 0 Å². The molecule has 31 heavy (non-hydrogen) atoms. The molecule has 0 heterocycles. The van der Waals surface area contributed by atoms with E-state index in [1.807, 2.05) is 0 Å². The van der Waals surface area contributed by atoms with Crippen molar-refractivity contribution in [2.24, 2.45) is 0 Å². The zero-order valence-corrected chi connectivity index (χ0v) is 24.3. The number of rotatable bonds is 23. The molecule has 178 valence electrons. The first-order valence-electron chi connectivity index (χ1n) is 12.3. The molecule has 0 amide bonds. The van der Waals surface area contributed by atoms with Gasteiger partial charge in [-0.05, 0) is 12.8 Å². The minimum atomic E-state index is -3.52. The number of aliphatic carboxylic acids is 1. The fraction of sp³-hybridized carbons (Fsp3) is 0.875. The van der Waals surface area contributed by atoms with Crippen LogP contribution in [0.5, 0.6) is 0 Å². The molecule has 0 radical (unpaired) electrons. The van der Waals surface area contributed by atoms with Crippen molar-refractivity contribution in [1.82, 2.24) is 4.72 Å². The summed E-state index contributed by atoms with van der Waals surface area (Å²) in [6.45, 7) is 2.14. The van der Waals surface area contributed by atoms with Crippen LogP contribution in [0.2, 0.25) is 0 Å². The number of carbonyl (C=O) groups excluding carboxylic acids is 1. The second-order valence-electron chi connectivity index (χ2n) is 8.38. The molecule has 0 fully saturated rings. The molecule has 0 aliphatic carbocycles. The summed E-state index contributed by atoms with van der Waals surface area (Å²) in [6, 6.07) is 0. The third-order valence-electron chi connectivity index (χ3n) is 5.38. The van der Waals surface area contributed by atoms with Crippen LogP contribution in [0.1, 0.15) is 129 Å². The summed E-state index contributed by atoms with van der Waals surface area (Å²) in [6.07, 6.45) is 24.7. The molecule has 0 saturated carbocycles. The third-order valence-corrected chi connectivity index (χ3v) is 6.54. The molecule has 1 N–H and O–H groups in total.